The summed E-state index contributed by atoms with van der Waals surface area (Å²) in [5.74, 6) is 0.0556. The first-order valence-corrected chi connectivity index (χ1v) is 9.99. The molecular weight excluding hydrogens is 364 g/mol. The van der Waals surface area contributed by atoms with Crippen LogP contribution in [-0.2, 0) is 17.8 Å². The summed E-state index contributed by atoms with van der Waals surface area (Å²) < 4.78 is 0. The van der Waals surface area contributed by atoms with Gasteiger partial charge in [0.05, 0.1) is 19.3 Å². The van der Waals surface area contributed by atoms with Crippen molar-refractivity contribution in [1.82, 2.24) is 10.3 Å². The number of hydrogen-bond acceptors (Lipinski definition) is 4. The molecule has 1 heterocycles. The van der Waals surface area contributed by atoms with E-state index in [9.17, 15) is 9.90 Å². The number of carbonyl (C=O) groups is 1. The van der Waals surface area contributed by atoms with Crippen LogP contribution in [0.3, 0.4) is 0 Å². The lowest BCUT2D eigenvalue weighted by atomic mass is 10.1. The Kier molecular flexibility index (Phi) is 7.55. The highest BCUT2D eigenvalue weighted by Gasteiger charge is 2.22. The molecule has 6 nitrogen and oxygen atoms in total. The average molecular weight is 394 g/mol. The van der Waals surface area contributed by atoms with E-state index in [1.54, 1.807) is 12.1 Å². The summed E-state index contributed by atoms with van der Waals surface area (Å²) in [6.07, 6.45) is 3.80. The molecule has 29 heavy (non-hydrogen) atoms. The number of phenolic OH excluding ortho intramolecular Hbond substituents is 1. The first-order valence-electron chi connectivity index (χ1n) is 9.99. The highest BCUT2D eigenvalue weighted by Crippen LogP contribution is 2.21. The number of nitrogens with one attached hydrogen (secondary N) is 2. The van der Waals surface area contributed by atoms with Gasteiger partial charge in [0.25, 0.3) is 5.91 Å². The fourth-order valence-electron chi connectivity index (χ4n) is 3.52. The van der Waals surface area contributed by atoms with Crippen LogP contribution in [0.5, 0.6) is 5.75 Å². The molecule has 6 heteroatoms. The SMILES string of the molecule is C=CCc1cccc(/C=N/NC(=O)C[NH+]2CCN(Cc3ccccc3)CC2)c1O. The van der Waals surface area contributed by atoms with Crippen molar-refractivity contribution in [3.05, 3.63) is 77.9 Å². The van der Waals surface area contributed by atoms with Gasteiger partial charge in [-0.05, 0) is 23.6 Å². The van der Waals surface area contributed by atoms with Crippen LogP contribution in [0, 0.1) is 0 Å². The molecule has 0 radical (unpaired) electrons. The number of phenols is 1. The van der Waals surface area contributed by atoms with Gasteiger partial charge in [-0.3, -0.25) is 9.69 Å². The number of para-hydroxylation sites is 1. The van der Waals surface area contributed by atoms with Gasteiger partial charge in [0.1, 0.15) is 5.75 Å². The number of aromatic hydroxyl groups is 1. The second-order valence-corrected chi connectivity index (χ2v) is 7.33. The van der Waals surface area contributed by atoms with Gasteiger partial charge in [-0.15, -0.1) is 6.58 Å². The number of hydrazone groups is 1. The second-order valence-electron chi connectivity index (χ2n) is 7.33. The van der Waals surface area contributed by atoms with Crippen LogP contribution >= 0.6 is 0 Å². The number of allylic oxidation sites excluding steroid dienone is 1. The zero-order valence-corrected chi connectivity index (χ0v) is 16.7. The van der Waals surface area contributed by atoms with E-state index in [2.05, 4.69) is 46.3 Å². The van der Waals surface area contributed by atoms with Gasteiger partial charge in [-0.2, -0.15) is 5.10 Å². The van der Waals surface area contributed by atoms with Gasteiger partial charge < -0.3 is 10.0 Å². The van der Waals surface area contributed by atoms with Crippen LogP contribution in [0.1, 0.15) is 16.7 Å². The molecule has 1 aliphatic rings. The van der Waals surface area contributed by atoms with E-state index < -0.39 is 0 Å². The maximum Gasteiger partial charge on any atom is 0.295 e. The van der Waals surface area contributed by atoms with E-state index in [0.29, 0.717) is 18.5 Å². The fraction of sp³-hybridized carbons (Fsp3) is 0.304. The van der Waals surface area contributed by atoms with Crippen LogP contribution in [0.25, 0.3) is 0 Å². The topological polar surface area (TPSA) is 69.4 Å². The van der Waals surface area contributed by atoms with Crippen molar-refractivity contribution in [1.29, 1.82) is 0 Å². The molecule has 2 aromatic rings. The number of benzene rings is 2. The fourth-order valence-corrected chi connectivity index (χ4v) is 3.52. The summed E-state index contributed by atoms with van der Waals surface area (Å²) >= 11 is 0. The normalized spacial score (nSPS) is 15.4. The lowest BCUT2D eigenvalue weighted by molar-refractivity contribution is -0.896. The summed E-state index contributed by atoms with van der Waals surface area (Å²) in [7, 11) is 0. The largest absolute Gasteiger partial charge is 0.507 e. The first-order chi connectivity index (χ1) is 14.2. The summed E-state index contributed by atoms with van der Waals surface area (Å²) in [6.45, 7) is 8.88. The minimum atomic E-state index is -0.116. The van der Waals surface area contributed by atoms with Gasteiger partial charge in [0.2, 0.25) is 0 Å². The van der Waals surface area contributed by atoms with Gasteiger partial charge in [-0.1, -0.05) is 48.5 Å². The molecule has 0 aromatic heterocycles. The molecule has 0 aliphatic carbocycles. The van der Waals surface area contributed by atoms with Gasteiger partial charge in [0, 0.05) is 25.2 Å². The molecule has 0 spiro atoms. The number of piperazine rings is 1. The second kappa shape index (κ2) is 10.5. The summed E-state index contributed by atoms with van der Waals surface area (Å²) in [5, 5.41) is 14.2. The number of rotatable bonds is 8. The zero-order chi connectivity index (χ0) is 20.5. The van der Waals surface area contributed by atoms with Gasteiger partial charge in [-0.25, -0.2) is 5.43 Å². The van der Waals surface area contributed by atoms with Crippen molar-refractivity contribution in [2.75, 3.05) is 32.7 Å². The van der Waals surface area contributed by atoms with E-state index in [4.69, 9.17) is 0 Å². The smallest absolute Gasteiger partial charge is 0.295 e. The van der Waals surface area contributed by atoms with Crippen molar-refractivity contribution < 1.29 is 14.8 Å². The minimum Gasteiger partial charge on any atom is -0.507 e. The van der Waals surface area contributed by atoms with Crippen LogP contribution in [0.2, 0.25) is 0 Å². The molecule has 2 aromatic carbocycles. The zero-order valence-electron chi connectivity index (χ0n) is 16.7. The first kappa shape index (κ1) is 20.8. The maximum atomic E-state index is 12.2. The van der Waals surface area contributed by atoms with E-state index >= 15 is 0 Å². The number of carbonyl (C=O) groups excluding carboxylic acids is 1. The Hall–Kier alpha value is -2.96. The molecule has 3 N–H and O–H groups in total. The quantitative estimate of drug-likeness (QED) is 0.356. The average Bonchev–Trinajstić information content (AvgIpc) is 2.73. The molecule has 1 aliphatic heterocycles. The lowest BCUT2D eigenvalue weighted by Crippen LogP contribution is -3.15. The van der Waals surface area contributed by atoms with Crippen LogP contribution in [-0.4, -0.2) is 54.9 Å². The highest BCUT2D eigenvalue weighted by atomic mass is 16.3. The Labute approximate surface area is 172 Å². The predicted molar refractivity (Wildman–Crippen MR) is 115 cm³/mol. The van der Waals surface area contributed by atoms with Crippen molar-refractivity contribution in [2.45, 2.75) is 13.0 Å². The Bertz CT molecular complexity index is 843. The van der Waals surface area contributed by atoms with Gasteiger partial charge >= 0.3 is 0 Å². The monoisotopic (exact) mass is 393 g/mol. The van der Waals surface area contributed by atoms with Crippen molar-refractivity contribution >= 4 is 12.1 Å². The molecule has 1 saturated heterocycles. The van der Waals surface area contributed by atoms with Crippen LogP contribution in [0.15, 0.2) is 66.3 Å². The molecule has 1 amide bonds. The molecule has 0 unspecified atom stereocenters. The predicted octanol–water partition coefficient (Wildman–Crippen LogP) is 0.972. The number of hydrogen-bond donors (Lipinski definition) is 3. The van der Waals surface area contributed by atoms with Crippen molar-refractivity contribution in [3.8, 4) is 5.75 Å². The molecule has 0 atom stereocenters. The third-order valence-electron chi connectivity index (χ3n) is 5.13. The van der Waals surface area contributed by atoms with Gasteiger partial charge in [0.15, 0.2) is 6.54 Å². The Morgan fingerprint density at radius 2 is 1.93 bits per heavy atom. The van der Waals surface area contributed by atoms with Crippen LogP contribution < -0.4 is 10.3 Å². The molecule has 1 fully saturated rings. The number of nitrogens with zero attached hydrogens (tertiary/aromatic N) is 2. The maximum absolute atomic E-state index is 12.2. The molecule has 0 saturated carbocycles. The lowest BCUT2D eigenvalue weighted by Gasteiger charge is -2.31. The minimum absolute atomic E-state index is 0.116. The summed E-state index contributed by atoms with van der Waals surface area (Å²) in [4.78, 5) is 15.9. The molecule has 3 rings (SSSR count). The third kappa shape index (κ3) is 6.27. The highest BCUT2D eigenvalue weighted by molar-refractivity contribution is 5.85. The summed E-state index contributed by atoms with van der Waals surface area (Å²) in [6, 6.07) is 15.9. The van der Waals surface area contributed by atoms with E-state index in [1.165, 1.54) is 16.7 Å². The van der Waals surface area contributed by atoms with E-state index in [1.807, 2.05) is 18.2 Å². The Morgan fingerprint density at radius 3 is 2.66 bits per heavy atom. The van der Waals surface area contributed by atoms with E-state index in [0.717, 1.165) is 38.3 Å². The Morgan fingerprint density at radius 1 is 1.17 bits per heavy atom. The molecule has 0 bridgehead atoms. The van der Waals surface area contributed by atoms with E-state index in [-0.39, 0.29) is 11.7 Å². The number of amides is 1. The third-order valence-corrected chi connectivity index (χ3v) is 5.13. The standard InChI is InChI=1S/C23H28N4O2/c1-2-7-20-10-6-11-21(23(20)29)16-24-25-22(28)18-27-14-12-26(13-15-27)17-19-8-4-3-5-9-19/h2-6,8-11,16,29H,1,7,12-15,17-18H2,(H,25,28)/p+1/b24-16+. The van der Waals surface area contributed by atoms with Crippen molar-refractivity contribution in [2.24, 2.45) is 5.10 Å². The Balaban J connectivity index is 1.42. The van der Waals surface area contributed by atoms with Crippen LogP contribution in [0.4, 0.5) is 0 Å². The number of quaternary nitrogens is 1. The van der Waals surface area contributed by atoms with Crippen molar-refractivity contribution in [3.63, 3.8) is 0 Å². The molecule has 152 valence electrons. The summed E-state index contributed by atoms with van der Waals surface area (Å²) in [5.41, 5.74) is 5.26. The molecular formula is C23H29N4O2+.